The summed E-state index contributed by atoms with van der Waals surface area (Å²) in [5, 5.41) is 14.9. The average Bonchev–Trinajstić information content (AvgIpc) is 3.32. The van der Waals surface area contributed by atoms with Crippen molar-refractivity contribution >= 4 is 33.1 Å². The number of hydrogen-bond acceptors (Lipinski definition) is 6. The molecule has 0 aliphatic heterocycles. The van der Waals surface area contributed by atoms with Crippen LogP contribution in [0.4, 0.5) is 5.13 Å². The van der Waals surface area contributed by atoms with Gasteiger partial charge in [-0.25, -0.2) is 4.68 Å². The smallest absolute Gasteiger partial charge is 0.273 e. The molecule has 0 spiro atoms. The average molecular weight is 343 g/mol. The molecule has 0 radical (unpaired) electrons. The standard InChI is InChI=1S/C15H13N5O3S/c21-11(16-15-18-17-13(24-15)8-5-6-8)7-20-14(23)10-4-2-1-3-9(10)12(22)19-20/h1-4,8H,5-7H2,(H,19,22)(H,16,18,21). The summed E-state index contributed by atoms with van der Waals surface area (Å²) in [5.74, 6) is 0.0224. The summed E-state index contributed by atoms with van der Waals surface area (Å²) in [6.07, 6.45) is 2.21. The predicted molar refractivity (Wildman–Crippen MR) is 89.3 cm³/mol. The zero-order chi connectivity index (χ0) is 16.7. The number of amides is 1. The number of aromatic amines is 1. The molecule has 9 heteroatoms. The monoisotopic (exact) mass is 343 g/mol. The lowest BCUT2D eigenvalue weighted by atomic mass is 10.2. The largest absolute Gasteiger partial charge is 0.299 e. The van der Waals surface area contributed by atoms with Gasteiger partial charge in [0.1, 0.15) is 11.6 Å². The van der Waals surface area contributed by atoms with Gasteiger partial charge < -0.3 is 0 Å². The number of benzene rings is 1. The van der Waals surface area contributed by atoms with Crippen molar-refractivity contribution in [1.29, 1.82) is 0 Å². The third kappa shape index (κ3) is 2.73. The van der Waals surface area contributed by atoms with Crippen LogP contribution in [-0.4, -0.2) is 25.9 Å². The Balaban J connectivity index is 1.56. The Morgan fingerprint density at radius 1 is 1.25 bits per heavy atom. The van der Waals surface area contributed by atoms with Gasteiger partial charge in [0.15, 0.2) is 0 Å². The molecule has 3 aromatic rings. The van der Waals surface area contributed by atoms with Crippen molar-refractivity contribution in [2.24, 2.45) is 0 Å². The normalized spacial score (nSPS) is 14.0. The van der Waals surface area contributed by atoms with Crippen molar-refractivity contribution in [3.05, 3.63) is 50.0 Å². The summed E-state index contributed by atoms with van der Waals surface area (Å²) in [7, 11) is 0. The first kappa shape index (κ1) is 14.8. The molecule has 0 unspecified atom stereocenters. The lowest BCUT2D eigenvalue weighted by Gasteiger charge is -2.06. The quantitative estimate of drug-likeness (QED) is 0.736. The van der Waals surface area contributed by atoms with Crippen molar-refractivity contribution in [2.45, 2.75) is 25.3 Å². The number of aromatic nitrogens is 4. The van der Waals surface area contributed by atoms with Crippen molar-refractivity contribution in [2.75, 3.05) is 5.32 Å². The van der Waals surface area contributed by atoms with E-state index in [4.69, 9.17) is 0 Å². The van der Waals surface area contributed by atoms with Crippen molar-refractivity contribution in [1.82, 2.24) is 20.0 Å². The molecule has 24 heavy (non-hydrogen) atoms. The van der Waals surface area contributed by atoms with Gasteiger partial charge in [-0.15, -0.1) is 10.2 Å². The lowest BCUT2D eigenvalue weighted by molar-refractivity contribution is -0.117. The van der Waals surface area contributed by atoms with E-state index in [9.17, 15) is 14.4 Å². The lowest BCUT2D eigenvalue weighted by Crippen LogP contribution is -2.34. The molecular weight excluding hydrogens is 330 g/mol. The molecule has 2 aromatic heterocycles. The van der Waals surface area contributed by atoms with E-state index in [0.717, 1.165) is 22.5 Å². The molecule has 1 saturated carbocycles. The summed E-state index contributed by atoms with van der Waals surface area (Å²) in [6, 6.07) is 6.49. The molecule has 0 bridgehead atoms. The fraction of sp³-hybridized carbons (Fsp3) is 0.267. The molecule has 2 heterocycles. The molecule has 1 aliphatic carbocycles. The van der Waals surface area contributed by atoms with Crippen LogP contribution < -0.4 is 16.4 Å². The molecule has 1 amide bonds. The Labute approximate surface area is 139 Å². The number of H-pyrrole nitrogens is 1. The van der Waals surface area contributed by atoms with E-state index in [2.05, 4.69) is 20.6 Å². The second kappa shape index (κ2) is 5.68. The molecular formula is C15H13N5O3S. The van der Waals surface area contributed by atoms with Gasteiger partial charge in [0.05, 0.1) is 10.8 Å². The first-order valence-electron chi connectivity index (χ1n) is 7.47. The Bertz CT molecular complexity index is 1050. The summed E-state index contributed by atoms with van der Waals surface area (Å²) in [6.45, 7) is -0.294. The number of anilines is 1. The minimum Gasteiger partial charge on any atom is -0.299 e. The summed E-state index contributed by atoms with van der Waals surface area (Å²) in [4.78, 5) is 36.5. The van der Waals surface area contributed by atoms with E-state index in [1.54, 1.807) is 24.3 Å². The van der Waals surface area contributed by atoms with Crippen LogP contribution in [0.25, 0.3) is 10.8 Å². The van der Waals surface area contributed by atoms with Crippen molar-refractivity contribution in [3.63, 3.8) is 0 Å². The Morgan fingerprint density at radius 3 is 2.75 bits per heavy atom. The van der Waals surface area contributed by atoms with Crippen LogP contribution in [0, 0.1) is 0 Å². The van der Waals surface area contributed by atoms with Gasteiger partial charge in [0, 0.05) is 5.92 Å². The number of fused-ring (bicyclic) bond motifs is 1. The third-order valence-corrected chi connectivity index (χ3v) is 4.80. The van der Waals surface area contributed by atoms with Crippen LogP contribution in [0.3, 0.4) is 0 Å². The number of carbonyl (C=O) groups is 1. The van der Waals surface area contributed by atoms with Crippen LogP contribution in [0.1, 0.15) is 23.8 Å². The fourth-order valence-electron chi connectivity index (χ4n) is 2.44. The van der Waals surface area contributed by atoms with Gasteiger partial charge in [-0.1, -0.05) is 23.5 Å². The van der Waals surface area contributed by atoms with Crippen LogP contribution in [0.5, 0.6) is 0 Å². The molecule has 0 saturated heterocycles. The summed E-state index contributed by atoms with van der Waals surface area (Å²) in [5.41, 5.74) is -0.832. The minimum atomic E-state index is -0.443. The molecule has 2 N–H and O–H groups in total. The number of nitrogens with one attached hydrogen (secondary N) is 2. The van der Waals surface area contributed by atoms with Gasteiger partial charge in [0.2, 0.25) is 11.0 Å². The van der Waals surface area contributed by atoms with E-state index >= 15 is 0 Å². The number of hydrogen-bond donors (Lipinski definition) is 2. The van der Waals surface area contributed by atoms with Gasteiger partial charge in [0.25, 0.3) is 11.1 Å². The predicted octanol–water partition coefficient (Wildman–Crippen LogP) is 1.06. The van der Waals surface area contributed by atoms with Crippen LogP contribution in [0.15, 0.2) is 33.9 Å². The SMILES string of the molecule is O=C(Cn1[nH]c(=O)c2ccccc2c1=O)Nc1nnc(C2CC2)s1. The Morgan fingerprint density at radius 2 is 2.00 bits per heavy atom. The number of carbonyl (C=O) groups excluding carboxylic acids is 1. The van der Waals surface area contributed by atoms with Crippen molar-refractivity contribution < 1.29 is 4.79 Å². The van der Waals surface area contributed by atoms with Crippen molar-refractivity contribution in [3.8, 4) is 0 Å². The maximum Gasteiger partial charge on any atom is 0.273 e. The van der Waals surface area contributed by atoms with Gasteiger partial charge >= 0.3 is 0 Å². The molecule has 0 atom stereocenters. The number of nitrogens with zero attached hydrogens (tertiary/aromatic N) is 3. The van der Waals surface area contributed by atoms with E-state index < -0.39 is 17.0 Å². The van der Waals surface area contributed by atoms with Gasteiger partial charge in [-0.05, 0) is 25.0 Å². The Kier molecular flexibility index (Phi) is 3.49. The Hall–Kier alpha value is -2.81. The van der Waals surface area contributed by atoms with Gasteiger partial charge in [-0.2, -0.15) is 0 Å². The first-order chi connectivity index (χ1) is 11.6. The second-order valence-electron chi connectivity index (χ2n) is 5.65. The molecule has 1 fully saturated rings. The first-order valence-corrected chi connectivity index (χ1v) is 8.28. The zero-order valence-electron chi connectivity index (χ0n) is 12.5. The molecule has 8 nitrogen and oxygen atoms in total. The van der Waals surface area contributed by atoms with E-state index in [0.29, 0.717) is 16.4 Å². The summed E-state index contributed by atoms with van der Waals surface area (Å²) >= 11 is 1.34. The maximum atomic E-state index is 12.4. The van der Waals surface area contributed by atoms with Crippen LogP contribution >= 0.6 is 11.3 Å². The topological polar surface area (TPSA) is 110 Å². The van der Waals surface area contributed by atoms with E-state index in [1.807, 2.05) is 0 Å². The highest BCUT2D eigenvalue weighted by atomic mass is 32.1. The third-order valence-electron chi connectivity index (χ3n) is 3.80. The van der Waals surface area contributed by atoms with Crippen LogP contribution in [0.2, 0.25) is 0 Å². The van der Waals surface area contributed by atoms with Gasteiger partial charge in [-0.3, -0.25) is 24.8 Å². The fourth-order valence-corrected chi connectivity index (χ4v) is 3.37. The maximum absolute atomic E-state index is 12.4. The highest BCUT2D eigenvalue weighted by Crippen LogP contribution is 2.41. The van der Waals surface area contributed by atoms with E-state index in [1.165, 1.54) is 11.3 Å². The molecule has 1 aliphatic rings. The number of rotatable bonds is 4. The van der Waals surface area contributed by atoms with E-state index in [-0.39, 0.29) is 11.9 Å². The molecule has 1 aromatic carbocycles. The highest BCUT2D eigenvalue weighted by molar-refractivity contribution is 7.15. The zero-order valence-corrected chi connectivity index (χ0v) is 13.3. The molecule has 122 valence electrons. The molecule has 4 rings (SSSR count). The second-order valence-corrected chi connectivity index (χ2v) is 6.65. The summed E-state index contributed by atoms with van der Waals surface area (Å²) < 4.78 is 1.00. The minimum absolute atomic E-state index is 0.279. The van der Waals surface area contributed by atoms with Crippen LogP contribution in [-0.2, 0) is 11.3 Å². The highest BCUT2D eigenvalue weighted by Gasteiger charge is 2.27.